The van der Waals surface area contributed by atoms with E-state index < -0.39 is 9.75 Å². The number of alkyl halides is 2. The minimum Gasteiger partial charge on any atom is -0.346 e. The number of nitrogens with one attached hydrogen (secondary N) is 2. The van der Waals surface area contributed by atoms with Gasteiger partial charge in [0.25, 0.3) is 0 Å². The Morgan fingerprint density at radius 1 is 1.18 bits per heavy atom. The van der Waals surface area contributed by atoms with Crippen LogP contribution < -0.4 is 10.6 Å². The van der Waals surface area contributed by atoms with Crippen LogP contribution >= 0.6 is 23.2 Å². The molecule has 6 heteroatoms. The van der Waals surface area contributed by atoms with E-state index in [9.17, 15) is 9.59 Å². The summed E-state index contributed by atoms with van der Waals surface area (Å²) in [6, 6.07) is 4.00. The van der Waals surface area contributed by atoms with Crippen LogP contribution in [-0.2, 0) is 9.59 Å². The molecular weight excluding hydrogens is 323 g/mol. The van der Waals surface area contributed by atoms with Crippen LogP contribution in [0, 0.1) is 26.2 Å². The van der Waals surface area contributed by atoms with Gasteiger partial charge in [-0.05, 0) is 45.2 Å². The first-order valence-corrected chi connectivity index (χ1v) is 7.86. The molecule has 0 unspecified atom stereocenters. The van der Waals surface area contributed by atoms with E-state index in [0.29, 0.717) is 6.42 Å². The van der Waals surface area contributed by atoms with Gasteiger partial charge in [-0.1, -0.05) is 17.7 Å². The van der Waals surface area contributed by atoms with E-state index in [1.54, 1.807) is 6.92 Å². The van der Waals surface area contributed by atoms with Crippen LogP contribution in [0.25, 0.3) is 0 Å². The zero-order chi connectivity index (χ0) is 16.7. The molecule has 0 aliphatic heterocycles. The third-order valence-corrected chi connectivity index (χ3v) is 5.21. The Morgan fingerprint density at radius 2 is 1.68 bits per heavy atom. The third kappa shape index (κ3) is 3.23. The number of anilines is 1. The first-order valence-electron chi connectivity index (χ1n) is 7.11. The molecule has 0 spiro atoms. The highest BCUT2D eigenvalue weighted by atomic mass is 35.5. The molecule has 0 radical (unpaired) electrons. The van der Waals surface area contributed by atoms with Crippen molar-refractivity contribution in [2.45, 2.75) is 38.4 Å². The molecule has 1 aliphatic carbocycles. The maximum Gasteiger partial charge on any atom is 0.243 e. The molecule has 0 bridgehead atoms. The Balaban J connectivity index is 1.94. The van der Waals surface area contributed by atoms with Gasteiger partial charge in [0.15, 0.2) is 0 Å². The van der Waals surface area contributed by atoms with E-state index in [1.807, 2.05) is 32.9 Å². The maximum atomic E-state index is 12.0. The molecule has 22 heavy (non-hydrogen) atoms. The van der Waals surface area contributed by atoms with Crippen molar-refractivity contribution in [3.05, 3.63) is 28.8 Å². The summed E-state index contributed by atoms with van der Waals surface area (Å²) in [5, 5.41) is 5.43. The number of hydrogen-bond acceptors (Lipinski definition) is 2. The maximum absolute atomic E-state index is 12.0. The van der Waals surface area contributed by atoms with E-state index in [0.717, 1.165) is 22.4 Å². The van der Waals surface area contributed by atoms with E-state index in [2.05, 4.69) is 10.6 Å². The zero-order valence-electron chi connectivity index (χ0n) is 13.1. The molecule has 0 aromatic heterocycles. The van der Waals surface area contributed by atoms with Crippen molar-refractivity contribution in [1.29, 1.82) is 0 Å². The summed E-state index contributed by atoms with van der Waals surface area (Å²) < 4.78 is -1.03. The summed E-state index contributed by atoms with van der Waals surface area (Å²) >= 11 is 11.9. The van der Waals surface area contributed by atoms with Gasteiger partial charge in [0.1, 0.15) is 4.33 Å². The lowest BCUT2D eigenvalue weighted by atomic mass is 10.1. The molecule has 0 saturated heterocycles. The fraction of sp³-hybridized carbons (Fsp3) is 0.500. The summed E-state index contributed by atoms with van der Waals surface area (Å²) in [5.74, 6) is -0.576. The van der Waals surface area contributed by atoms with E-state index in [1.165, 1.54) is 0 Å². The molecule has 1 saturated carbocycles. The average Bonchev–Trinajstić information content (AvgIpc) is 2.91. The highest BCUT2D eigenvalue weighted by molar-refractivity contribution is 6.53. The van der Waals surface area contributed by atoms with Crippen molar-refractivity contribution in [2.24, 2.45) is 5.41 Å². The molecule has 1 aromatic carbocycles. The van der Waals surface area contributed by atoms with Gasteiger partial charge >= 0.3 is 0 Å². The van der Waals surface area contributed by atoms with Crippen LogP contribution in [0.3, 0.4) is 0 Å². The minimum atomic E-state index is -1.03. The van der Waals surface area contributed by atoms with Crippen molar-refractivity contribution < 1.29 is 9.59 Å². The molecule has 1 fully saturated rings. The molecule has 0 heterocycles. The van der Waals surface area contributed by atoms with Gasteiger partial charge in [0.2, 0.25) is 11.8 Å². The van der Waals surface area contributed by atoms with Gasteiger partial charge in [0.05, 0.1) is 12.0 Å². The first kappa shape index (κ1) is 17.1. The SMILES string of the molecule is Cc1cc(C)c(NC(=O)CNC(=O)[C@]2(C)CC2(Cl)Cl)c(C)c1. The number of rotatable bonds is 4. The quantitative estimate of drug-likeness (QED) is 0.825. The number of carbonyl (C=O) groups is 2. The van der Waals surface area contributed by atoms with E-state index >= 15 is 0 Å². The van der Waals surface area contributed by atoms with Crippen LogP contribution in [0.5, 0.6) is 0 Å². The van der Waals surface area contributed by atoms with Crippen molar-refractivity contribution in [1.82, 2.24) is 5.32 Å². The molecular formula is C16H20Cl2N2O2. The third-order valence-electron chi connectivity index (χ3n) is 4.11. The molecule has 1 aromatic rings. The normalized spacial score (nSPS) is 22.1. The second-order valence-electron chi connectivity index (χ2n) is 6.22. The summed E-state index contributed by atoms with van der Waals surface area (Å²) in [4.78, 5) is 24.0. The van der Waals surface area contributed by atoms with Gasteiger partial charge < -0.3 is 10.6 Å². The molecule has 1 aliphatic rings. The first-order chi connectivity index (χ1) is 10.1. The summed E-state index contributed by atoms with van der Waals surface area (Å²) in [5.41, 5.74) is 3.10. The average molecular weight is 343 g/mol. The van der Waals surface area contributed by atoms with Crippen molar-refractivity contribution in [2.75, 3.05) is 11.9 Å². The smallest absolute Gasteiger partial charge is 0.243 e. The Bertz CT molecular complexity index is 620. The lowest BCUT2D eigenvalue weighted by molar-refractivity contribution is -0.127. The Kier molecular flexibility index (Phi) is 4.46. The summed E-state index contributed by atoms with van der Waals surface area (Å²) in [6.07, 6.45) is 0.396. The highest BCUT2D eigenvalue weighted by Crippen LogP contribution is 2.63. The number of amides is 2. The van der Waals surface area contributed by atoms with Gasteiger partial charge in [-0.15, -0.1) is 23.2 Å². The molecule has 2 rings (SSSR count). The largest absolute Gasteiger partial charge is 0.346 e. The molecule has 1 atom stereocenters. The fourth-order valence-corrected chi connectivity index (χ4v) is 3.27. The van der Waals surface area contributed by atoms with Crippen LogP contribution in [0.4, 0.5) is 5.69 Å². The number of halogens is 2. The van der Waals surface area contributed by atoms with E-state index in [-0.39, 0.29) is 18.4 Å². The molecule has 2 amide bonds. The number of hydrogen-bond donors (Lipinski definition) is 2. The van der Waals surface area contributed by atoms with Crippen LogP contribution in [-0.4, -0.2) is 22.7 Å². The second-order valence-corrected chi connectivity index (χ2v) is 7.70. The van der Waals surface area contributed by atoms with Crippen LogP contribution in [0.1, 0.15) is 30.0 Å². The van der Waals surface area contributed by atoms with Gasteiger partial charge in [-0.3, -0.25) is 9.59 Å². The van der Waals surface area contributed by atoms with Crippen LogP contribution in [0.2, 0.25) is 0 Å². The summed E-state index contributed by atoms with van der Waals surface area (Å²) in [6.45, 7) is 7.47. The van der Waals surface area contributed by atoms with Crippen molar-refractivity contribution in [3.63, 3.8) is 0 Å². The number of aryl methyl sites for hydroxylation is 3. The summed E-state index contributed by atoms with van der Waals surface area (Å²) in [7, 11) is 0. The lowest BCUT2D eigenvalue weighted by Gasteiger charge is -2.15. The molecule has 4 nitrogen and oxygen atoms in total. The standard InChI is InChI=1S/C16H20Cl2N2O2/c1-9-5-10(2)13(11(3)6-9)20-12(21)7-19-14(22)15(4)8-16(15,17)18/h5-6H,7-8H2,1-4H3,(H,19,22)(H,20,21)/t15-/m0/s1. The minimum absolute atomic E-state index is 0.106. The number of carbonyl (C=O) groups excluding carboxylic acids is 2. The van der Waals surface area contributed by atoms with Gasteiger partial charge in [-0.25, -0.2) is 0 Å². The topological polar surface area (TPSA) is 58.2 Å². The van der Waals surface area contributed by atoms with E-state index in [4.69, 9.17) is 23.2 Å². The Hall–Kier alpha value is -1.26. The second kappa shape index (κ2) is 5.74. The van der Waals surface area contributed by atoms with Crippen LogP contribution in [0.15, 0.2) is 12.1 Å². The molecule has 2 N–H and O–H groups in total. The monoisotopic (exact) mass is 342 g/mol. The van der Waals surface area contributed by atoms with Crippen molar-refractivity contribution in [3.8, 4) is 0 Å². The lowest BCUT2D eigenvalue weighted by Crippen LogP contribution is -2.38. The number of benzene rings is 1. The highest BCUT2D eigenvalue weighted by Gasteiger charge is 2.67. The fourth-order valence-electron chi connectivity index (χ4n) is 2.56. The Morgan fingerprint density at radius 3 is 2.14 bits per heavy atom. The zero-order valence-corrected chi connectivity index (χ0v) is 14.7. The Labute approximate surface area is 140 Å². The van der Waals surface area contributed by atoms with Gasteiger partial charge in [-0.2, -0.15) is 0 Å². The predicted octanol–water partition coefficient (Wildman–Crippen LogP) is 3.25. The van der Waals surface area contributed by atoms with Crippen molar-refractivity contribution >= 4 is 40.7 Å². The predicted molar refractivity (Wildman–Crippen MR) is 89.5 cm³/mol. The molecule has 120 valence electrons. The van der Waals surface area contributed by atoms with Gasteiger partial charge in [0, 0.05) is 5.69 Å².